The number of hydrogen-bond donors (Lipinski definition) is 1. The lowest BCUT2D eigenvalue weighted by Crippen LogP contribution is -2.37. The summed E-state index contributed by atoms with van der Waals surface area (Å²) in [5.41, 5.74) is 3.22. The minimum Gasteiger partial charge on any atom is -0.483 e. The van der Waals surface area contributed by atoms with E-state index in [1.54, 1.807) is 17.5 Å². The Kier molecular flexibility index (Phi) is 7.86. The number of nitrogens with zero attached hydrogens (tertiary/aromatic N) is 2. The van der Waals surface area contributed by atoms with Gasteiger partial charge in [-0.25, -0.2) is 0 Å². The van der Waals surface area contributed by atoms with Crippen LogP contribution in [0.15, 0.2) is 47.8 Å². The summed E-state index contributed by atoms with van der Waals surface area (Å²) < 4.78 is 17.3. The van der Waals surface area contributed by atoms with Gasteiger partial charge in [0.15, 0.2) is 6.61 Å². The standard InChI is InChI=1S/C25H22ClN3O4S2/c1-16-10-19(29-6-8-35(32)9-7-29)3-4-21(16)28-24(30)14-33-22-5-2-18(26)12-20(22)25(31)23-11-17(13-27)15-34-23/h2-5,10-12,15H,6-9,14H2,1H3,(H,28,30). The minimum atomic E-state index is -0.740. The summed E-state index contributed by atoms with van der Waals surface area (Å²) in [5, 5.41) is 13.8. The molecule has 0 radical (unpaired) electrons. The van der Waals surface area contributed by atoms with Crippen molar-refractivity contribution >= 4 is 56.8 Å². The van der Waals surface area contributed by atoms with E-state index in [9.17, 15) is 13.8 Å². The molecule has 0 aliphatic carbocycles. The zero-order valence-electron chi connectivity index (χ0n) is 18.9. The van der Waals surface area contributed by atoms with E-state index in [-0.39, 0.29) is 29.6 Å². The van der Waals surface area contributed by atoms with Crippen LogP contribution in [0.4, 0.5) is 11.4 Å². The molecule has 1 amide bonds. The molecule has 35 heavy (non-hydrogen) atoms. The lowest BCUT2D eigenvalue weighted by molar-refractivity contribution is -0.118. The number of nitriles is 1. The van der Waals surface area contributed by atoms with E-state index in [2.05, 4.69) is 10.2 Å². The van der Waals surface area contributed by atoms with Crippen LogP contribution in [0, 0.1) is 18.3 Å². The number of carbonyl (C=O) groups excluding carboxylic acids is 2. The Bertz CT molecular complexity index is 1340. The van der Waals surface area contributed by atoms with E-state index in [4.69, 9.17) is 21.6 Å². The van der Waals surface area contributed by atoms with Gasteiger partial charge in [-0.1, -0.05) is 11.6 Å². The molecule has 10 heteroatoms. The largest absolute Gasteiger partial charge is 0.483 e. The van der Waals surface area contributed by atoms with Crippen molar-refractivity contribution in [2.45, 2.75) is 6.92 Å². The first-order chi connectivity index (χ1) is 16.8. The molecule has 1 saturated heterocycles. The van der Waals surface area contributed by atoms with Crippen molar-refractivity contribution < 1.29 is 18.5 Å². The van der Waals surface area contributed by atoms with Crippen LogP contribution in [0.25, 0.3) is 0 Å². The van der Waals surface area contributed by atoms with E-state index in [1.807, 2.05) is 31.2 Å². The number of halogens is 1. The molecule has 2 aromatic carbocycles. The number of nitrogens with one attached hydrogen (secondary N) is 1. The van der Waals surface area contributed by atoms with Crippen molar-refractivity contribution in [1.29, 1.82) is 5.26 Å². The monoisotopic (exact) mass is 527 g/mol. The average Bonchev–Trinajstić information content (AvgIpc) is 3.34. The number of anilines is 2. The van der Waals surface area contributed by atoms with Crippen molar-refractivity contribution in [3.63, 3.8) is 0 Å². The van der Waals surface area contributed by atoms with Gasteiger partial charge in [-0.2, -0.15) is 5.26 Å². The Morgan fingerprint density at radius 2 is 1.97 bits per heavy atom. The molecule has 0 saturated carbocycles. The Morgan fingerprint density at radius 1 is 1.20 bits per heavy atom. The summed E-state index contributed by atoms with van der Waals surface area (Å²) in [6, 6.07) is 13.9. The Hall–Kier alpha value is -3.19. The molecular weight excluding hydrogens is 506 g/mol. The smallest absolute Gasteiger partial charge is 0.262 e. The van der Waals surface area contributed by atoms with Crippen LogP contribution in [0.3, 0.4) is 0 Å². The molecule has 1 aliphatic heterocycles. The fraction of sp³-hybridized carbons (Fsp3) is 0.240. The van der Waals surface area contributed by atoms with E-state index >= 15 is 0 Å². The molecule has 1 aliphatic rings. The number of aryl methyl sites for hydroxylation is 1. The van der Waals surface area contributed by atoms with Crippen molar-refractivity contribution in [2.24, 2.45) is 0 Å². The second-order valence-corrected chi connectivity index (χ2v) is 11.0. The maximum Gasteiger partial charge on any atom is 0.262 e. The van der Waals surface area contributed by atoms with Crippen LogP contribution < -0.4 is 15.0 Å². The van der Waals surface area contributed by atoms with Gasteiger partial charge in [0.1, 0.15) is 11.8 Å². The number of hydrogen-bond acceptors (Lipinski definition) is 7. The highest BCUT2D eigenvalue weighted by molar-refractivity contribution is 7.85. The van der Waals surface area contributed by atoms with Crippen LogP contribution >= 0.6 is 22.9 Å². The molecular formula is C25H22ClN3O4S2. The van der Waals surface area contributed by atoms with Crippen LogP contribution in [-0.2, 0) is 15.6 Å². The molecule has 7 nitrogen and oxygen atoms in total. The minimum absolute atomic E-state index is 0.222. The zero-order valence-corrected chi connectivity index (χ0v) is 21.3. The fourth-order valence-electron chi connectivity index (χ4n) is 3.66. The predicted molar refractivity (Wildman–Crippen MR) is 139 cm³/mol. The molecule has 2 heterocycles. The number of rotatable bonds is 7. The highest BCUT2D eigenvalue weighted by Gasteiger charge is 2.19. The summed E-state index contributed by atoms with van der Waals surface area (Å²) in [5.74, 6) is 0.857. The topological polar surface area (TPSA) is 99.5 Å². The summed E-state index contributed by atoms with van der Waals surface area (Å²) >= 11 is 7.25. The van der Waals surface area contributed by atoms with Crippen molar-refractivity contribution in [2.75, 3.05) is 41.4 Å². The first kappa shape index (κ1) is 24.9. The highest BCUT2D eigenvalue weighted by Crippen LogP contribution is 2.28. The Morgan fingerprint density at radius 3 is 2.66 bits per heavy atom. The van der Waals surface area contributed by atoms with Crippen molar-refractivity contribution in [3.8, 4) is 11.8 Å². The second kappa shape index (κ2) is 11.0. The molecule has 4 rings (SSSR count). The first-order valence-electron chi connectivity index (χ1n) is 10.8. The van der Waals surface area contributed by atoms with Crippen LogP contribution in [-0.4, -0.2) is 47.1 Å². The van der Waals surface area contributed by atoms with Gasteiger partial charge in [0.05, 0.1) is 16.0 Å². The maximum absolute atomic E-state index is 13.0. The van der Waals surface area contributed by atoms with E-state index < -0.39 is 10.8 Å². The second-order valence-electron chi connectivity index (χ2n) is 7.95. The summed E-state index contributed by atoms with van der Waals surface area (Å²) in [6.45, 7) is 3.11. The lowest BCUT2D eigenvalue weighted by Gasteiger charge is -2.29. The average molecular weight is 528 g/mol. The normalized spacial score (nSPS) is 13.8. The van der Waals surface area contributed by atoms with Gasteiger partial charge >= 0.3 is 0 Å². The van der Waals surface area contributed by atoms with E-state index in [0.717, 1.165) is 35.7 Å². The number of carbonyl (C=O) groups is 2. The quantitative estimate of drug-likeness (QED) is 0.457. The summed E-state index contributed by atoms with van der Waals surface area (Å²) in [6.07, 6.45) is 0. The molecule has 1 fully saturated rings. The number of ether oxygens (including phenoxy) is 1. The molecule has 1 aromatic heterocycles. The third-order valence-electron chi connectivity index (χ3n) is 5.52. The van der Waals surface area contributed by atoms with E-state index in [0.29, 0.717) is 32.7 Å². The summed E-state index contributed by atoms with van der Waals surface area (Å²) in [7, 11) is -0.740. The first-order valence-corrected chi connectivity index (χ1v) is 13.5. The third kappa shape index (κ3) is 6.09. The van der Waals surface area contributed by atoms with E-state index in [1.165, 1.54) is 12.1 Å². The highest BCUT2D eigenvalue weighted by atomic mass is 35.5. The van der Waals surface area contributed by atoms with Gasteiger partial charge < -0.3 is 15.0 Å². The Balaban J connectivity index is 1.41. The molecule has 3 aromatic rings. The fourth-order valence-corrected chi connectivity index (χ4v) is 5.67. The van der Waals surface area contributed by atoms with Gasteiger partial charge in [-0.05, 0) is 55.0 Å². The maximum atomic E-state index is 13.0. The molecule has 0 atom stereocenters. The van der Waals surface area contributed by atoms with Gasteiger partial charge in [0.2, 0.25) is 5.78 Å². The van der Waals surface area contributed by atoms with Crippen LogP contribution in [0.2, 0.25) is 5.02 Å². The zero-order chi connectivity index (χ0) is 24.9. The number of benzene rings is 2. The summed E-state index contributed by atoms with van der Waals surface area (Å²) in [4.78, 5) is 28.1. The van der Waals surface area contributed by atoms with Crippen molar-refractivity contribution in [1.82, 2.24) is 0 Å². The third-order valence-corrected chi connectivity index (χ3v) is 7.96. The molecule has 0 unspecified atom stereocenters. The predicted octanol–water partition coefficient (Wildman–Crippen LogP) is 4.40. The van der Waals surface area contributed by atoms with Crippen molar-refractivity contribution in [3.05, 3.63) is 74.4 Å². The Labute approximate surface area is 214 Å². The number of amides is 1. The van der Waals surface area contributed by atoms with Crippen LogP contribution in [0.1, 0.15) is 26.4 Å². The number of ketones is 1. The van der Waals surface area contributed by atoms with Gasteiger partial charge in [0.25, 0.3) is 5.91 Å². The molecule has 0 spiro atoms. The lowest BCUT2D eigenvalue weighted by atomic mass is 10.1. The number of thiophene rings is 1. The van der Waals surface area contributed by atoms with Gasteiger partial charge in [-0.15, -0.1) is 11.3 Å². The molecule has 0 bridgehead atoms. The van der Waals surface area contributed by atoms with Gasteiger partial charge in [0, 0.05) is 57.2 Å². The molecule has 180 valence electrons. The van der Waals surface area contributed by atoms with Crippen LogP contribution in [0.5, 0.6) is 5.75 Å². The van der Waals surface area contributed by atoms with Gasteiger partial charge in [-0.3, -0.25) is 13.8 Å². The molecule has 1 N–H and O–H groups in total. The SMILES string of the molecule is Cc1cc(N2CCS(=O)CC2)ccc1NC(=O)COc1ccc(Cl)cc1C(=O)c1cc(C#N)cs1.